The van der Waals surface area contributed by atoms with Crippen molar-refractivity contribution in [3.63, 3.8) is 0 Å². The molecule has 0 radical (unpaired) electrons. The Hall–Kier alpha value is -1.28. The quantitative estimate of drug-likeness (QED) is 0.0913. The van der Waals surface area contributed by atoms with E-state index < -0.39 is 243 Å². The molecular formula is C40H68O32. The van der Waals surface area contributed by atoms with Gasteiger partial charge in [0.2, 0.25) is 0 Å². The van der Waals surface area contributed by atoms with Crippen molar-refractivity contribution in [2.75, 3.05) is 52.9 Å². The molecule has 32 heteroatoms. The molecule has 0 aromatic heterocycles. The molecule has 32 nitrogen and oxygen atoms in total. The third-order valence-corrected chi connectivity index (χ3v) is 13.6. The van der Waals surface area contributed by atoms with E-state index in [0.29, 0.717) is 0 Å². The Morgan fingerprint density at radius 3 is 0.750 bits per heavy atom. The molecule has 22 saturated heterocycles. The number of hydrogen-bond acceptors (Lipinski definition) is 32. The van der Waals surface area contributed by atoms with Gasteiger partial charge in [0.1, 0.15) is 146 Å². The molecule has 420 valence electrons. The molecule has 0 saturated carbocycles. The SMILES string of the molecule is OCC(O)CCO[C@@H]1[C@@H](O)[C@H]2O[C@H]3[C@H](O)[C@@H](O)[C@@H](O[C@H]4[C@H](O)[C@@H](O)[C@@H](O[C@H]5[C@H](O)[C@@H](O)[C@@H](O[C@H]6[C@H](O)[C@@H](O)[C@@H](O[C@H]7[C@H](O)[C@@H](O)[C@@H](O[C@H]1[C@@H](CO)O2)O[C@@H]7CO)O[C@@H]6CO)O[C@@H]5CO)O[C@@H]4CO)O[C@@H]3CO. The number of hydrogen-bond donors (Lipinski definition) is 19. The van der Waals surface area contributed by atoms with Crippen LogP contribution in [0.3, 0.4) is 0 Å². The lowest BCUT2D eigenvalue weighted by Gasteiger charge is -2.51. The van der Waals surface area contributed by atoms with Gasteiger partial charge in [-0.2, -0.15) is 0 Å². The highest BCUT2D eigenvalue weighted by atomic mass is 16.8. The summed E-state index contributed by atoms with van der Waals surface area (Å²) < 4.78 is 74.9. The van der Waals surface area contributed by atoms with Crippen LogP contribution in [0.1, 0.15) is 6.42 Å². The van der Waals surface area contributed by atoms with Crippen molar-refractivity contribution in [1.29, 1.82) is 0 Å². The van der Waals surface area contributed by atoms with Crippen molar-refractivity contribution in [2.24, 2.45) is 0 Å². The zero-order valence-corrected chi connectivity index (χ0v) is 38.1. The van der Waals surface area contributed by atoms with Crippen LogP contribution in [0.4, 0.5) is 0 Å². The van der Waals surface area contributed by atoms with Crippen LogP contribution in [0.5, 0.6) is 0 Å². The van der Waals surface area contributed by atoms with Gasteiger partial charge in [0.15, 0.2) is 37.7 Å². The lowest BCUT2D eigenvalue weighted by atomic mass is 9.94. The zero-order valence-electron chi connectivity index (χ0n) is 38.1. The molecule has 22 fully saturated rings. The number of aliphatic hydroxyl groups is 19. The second kappa shape index (κ2) is 25.5. The van der Waals surface area contributed by atoms with E-state index >= 15 is 0 Å². The Kier molecular flexibility index (Phi) is 20.7. The molecule has 31 atom stereocenters. The normalized spacial score (nSPS) is 52.2. The second-order valence-electron chi connectivity index (χ2n) is 18.3. The van der Waals surface area contributed by atoms with Crippen LogP contribution >= 0.6 is 0 Å². The molecule has 0 aromatic carbocycles. The summed E-state index contributed by atoms with van der Waals surface area (Å²) in [6, 6.07) is 0. The van der Waals surface area contributed by atoms with Crippen molar-refractivity contribution >= 4 is 0 Å². The lowest BCUT2D eigenvalue weighted by molar-refractivity contribution is -0.405. The lowest BCUT2D eigenvalue weighted by Crippen LogP contribution is -2.69. The molecule has 0 aromatic rings. The maximum Gasteiger partial charge on any atom is 0.187 e. The molecule has 22 heterocycles. The van der Waals surface area contributed by atoms with Crippen LogP contribution in [-0.2, 0) is 61.6 Å². The van der Waals surface area contributed by atoms with Gasteiger partial charge in [0.25, 0.3) is 0 Å². The van der Waals surface area contributed by atoms with Crippen LogP contribution < -0.4 is 0 Å². The van der Waals surface area contributed by atoms with Crippen LogP contribution in [0, 0.1) is 0 Å². The van der Waals surface area contributed by atoms with Gasteiger partial charge in [-0.15, -0.1) is 0 Å². The molecule has 19 N–H and O–H groups in total. The summed E-state index contributed by atoms with van der Waals surface area (Å²) in [6.07, 6.45) is -60.0. The Balaban J connectivity index is 1.22. The van der Waals surface area contributed by atoms with E-state index in [1.165, 1.54) is 0 Å². The maximum absolute atomic E-state index is 11.8. The minimum absolute atomic E-state index is 0.259. The minimum atomic E-state index is -2.17. The number of rotatable bonds is 11. The average Bonchev–Trinajstić information content (AvgIpc) is 3.37. The standard InChI is InChI=1S/C40H68O32/c41-3-10(48)1-2-60-34-27(59)40-66-16(9-47)33(34)72-39-26(58)21(53)31(14(7-45)65-39)70-37-24(56)19(51)29(12(5-43)63-37)68-35-22(54)17(49)28(11(4-42)61-35)67-36-23(55)18(50)30(13(6-44)62-36)69-38-25(57)20(52)32(71-40)15(8-46)64-38/h10-59H,1-9H2/t10?,11-,12-,13-,14-,15-,16-,17-,18-,19-,20-,21-,22-,23-,24-,25-,26-,27-,28-,29-,30-,31-,32-,33+,34-,35-,36-,37-,38-,39-,40-/m1/s1. The Bertz CT molecular complexity index is 1630. The van der Waals surface area contributed by atoms with E-state index in [0.717, 1.165) is 0 Å². The first-order valence-electron chi connectivity index (χ1n) is 23.3. The van der Waals surface area contributed by atoms with E-state index in [9.17, 15) is 97.0 Å². The molecule has 22 aliphatic heterocycles. The average molecular weight is 1060 g/mol. The van der Waals surface area contributed by atoms with E-state index in [4.69, 9.17) is 61.6 Å². The van der Waals surface area contributed by atoms with Gasteiger partial charge in [-0.25, -0.2) is 0 Å². The van der Waals surface area contributed by atoms with Crippen molar-refractivity contribution in [3.05, 3.63) is 0 Å². The maximum atomic E-state index is 11.8. The van der Waals surface area contributed by atoms with Gasteiger partial charge in [-0.05, 0) is 6.42 Å². The van der Waals surface area contributed by atoms with Crippen molar-refractivity contribution in [1.82, 2.24) is 0 Å². The smallest absolute Gasteiger partial charge is 0.187 e. The molecule has 1 unspecified atom stereocenters. The predicted molar refractivity (Wildman–Crippen MR) is 217 cm³/mol. The van der Waals surface area contributed by atoms with Gasteiger partial charge < -0.3 is 159 Å². The van der Waals surface area contributed by atoms with E-state index in [1.54, 1.807) is 0 Å². The first-order chi connectivity index (χ1) is 34.4. The minimum Gasteiger partial charge on any atom is -0.394 e. The first-order valence-corrected chi connectivity index (χ1v) is 23.3. The second-order valence-corrected chi connectivity index (χ2v) is 18.3. The molecule has 22 aliphatic rings. The summed E-state index contributed by atoms with van der Waals surface area (Å²) in [5.41, 5.74) is 0. The van der Waals surface area contributed by atoms with Crippen molar-refractivity contribution in [2.45, 2.75) is 197 Å². The summed E-state index contributed by atoms with van der Waals surface area (Å²) in [5, 5.41) is 207. The highest BCUT2D eigenvalue weighted by Crippen LogP contribution is 2.38. The predicted octanol–water partition coefficient (Wildman–Crippen LogP) is -13.3. The summed E-state index contributed by atoms with van der Waals surface area (Å²) in [4.78, 5) is 0. The van der Waals surface area contributed by atoms with Crippen LogP contribution in [0.2, 0.25) is 0 Å². The van der Waals surface area contributed by atoms with Crippen LogP contribution in [-0.4, -0.2) is 340 Å². The van der Waals surface area contributed by atoms with E-state index in [-0.39, 0.29) is 6.42 Å². The molecule has 0 amide bonds. The third kappa shape index (κ3) is 11.9. The van der Waals surface area contributed by atoms with Crippen LogP contribution in [0.15, 0.2) is 0 Å². The molecule has 22 rings (SSSR count). The zero-order chi connectivity index (χ0) is 52.5. The Morgan fingerprint density at radius 2 is 0.514 bits per heavy atom. The number of aliphatic hydroxyl groups excluding tert-OH is 19. The molecule has 0 spiro atoms. The third-order valence-electron chi connectivity index (χ3n) is 13.6. The fraction of sp³-hybridized carbons (Fsp3) is 1.00. The fourth-order valence-electron chi connectivity index (χ4n) is 9.54. The van der Waals surface area contributed by atoms with Gasteiger partial charge >= 0.3 is 0 Å². The molecule has 72 heavy (non-hydrogen) atoms. The summed E-state index contributed by atoms with van der Waals surface area (Å²) in [6.45, 7) is -7.22. The fourth-order valence-corrected chi connectivity index (χ4v) is 9.54. The molecular weight excluding hydrogens is 992 g/mol. The van der Waals surface area contributed by atoms with Gasteiger partial charge in [-0.1, -0.05) is 0 Å². The highest BCUT2D eigenvalue weighted by Gasteiger charge is 2.59. The van der Waals surface area contributed by atoms with E-state index in [2.05, 4.69) is 0 Å². The van der Waals surface area contributed by atoms with Crippen molar-refractivity contribution in [3.8, 4) is 0 Å². The summed E-state index contributed by atoms with van der Waals surface area (Å²) in [7, 11) is 0. The molecule has 12 bridgehead atoms. The van der Waals surface area contributed by atoms with Crippen molar-refractivity contribution < 1.29 is 159 Å². The monoisotopic (exact) mass is 1060 g/mol. The van der Waals surface area contributed by atoms with Gasteiger partial charge in [-0.3, -0.25) is 0 Å². The van der Waals surface area contributed by atoms with E-state index in [1.807, 2.05) is 0 Å². The van der Waals surface area contributed by atoms with Gasteiger partial charge in [0.05, 0.1) is 52.4 Å². The Labute approximate surface area is 407 Å². The topological polar surface area (TPSA) is 504 Å². The first kappa shape index (κ1) is 58.4. The Morgan fingerprint density at radius 1 is 0.292 bits per heavy atom. The van der Waals surface area contributed by atoms with Crippen LogP contribution in [0.25, 0.3) is 0 Å². The molecule has 0 aliphatic carbocycles. The van der Waals surface area contributed by atoms with Gasteiger partial charge in [0, 0.05) is 6.61 Å². The highest BCUT2D eigenvalue weighted by molar-refractivity contribution is 5.01. The summed E-state index contributed by atoms with van der Waals surface area (Å²) >= 11 is 0. The largest absolute Gasteiger partial charge is 0.394 e. The number of ether oxygens (including phenoxy) is 13. The summed E-state index contributed by atoms with van der Waals surface area (Å²) in [5.74, 6) is 0.